The summed E-state index contributed by atoms with van der Waals surface area (Å²) in [5.41, 5.74) is 1.48. The normalized spacial score (nSPS) is 11.1. The van der Waals surface area contributed by atoms with Crippen molar-refractivity contribution < 1.29 is 21.2 Å². The Kier molecular flexibility index (Phi) is 3.62. The van der Waals surface area contributed by atoms with Crippen LogP contribution in [0.25, 0.3) is 10.8 Å². The molecule has 80 valence electrons. The van der Waals surface area contributed by atoms with E-state index in [1.54, 1.807) is 3.57 Å². The molecule has 1 heteroatoms. The first-order valence-corrected chi connectivity index (χ1v) is 8.01. The molecule has 2 aromatic rings. The molecule has 0 fully saturated rings. The van der Waals surface area contributed by atoms with Crippen LogP contribution < -0.4 is 21.2 Å². The first-order valence-electron chi connectivity index (χ1n) is 5.40. The van der Waals surface area contributed by atoms with Gasteiger partial charge in [-0.25, -0.2) is 0 Å². The van der Waals surface area contributed by atoms with Crippen molar-refractivity contribution in [3.8, 4) is 0 Å². The quantitative estimate of drug-likeness (QED) is 0.581. The fourth-order valence-electron chi connectivity index (χ4n) is 1.71. The van der Waals surface area contributed by atoms with Crippen LogP contribution in [0, 0.1) is 10.5 Å². The second kappa shape index (κ2) is 4.97. The summed E-state index contributed by atoms with van der Waals surface area (Å²) in [5, 5.41) is 2.88. The van der Waals surface area contributed by atoms with Crippen molar-refractivity contribution >= 4 is 10.8 Å². The Labute approximate surface area is 102 Å². The van der Waals surface area contributed by atoms with Gasteiger partial charge < -0.3 is 0 Å². The molecule has 0 spiro atoms. The molecule has 0 radical (unpaired) electrons. The van der Waals surface area contributed by atoms with Crippen LogP contribution in [0.2, 0.25) is 0 Å². The molecule has 0 aliphatic heterocycles. The second-order valence-electron chi connectivity index (χ2n) is 3.74. The number of fused-ring (bicyclic) bond motifs is 1. The van der Waals surface area contributed by atoms with Crippen molar-refractivity contribution in [3.05, 3.63) is 45.5 Å². The molecule has 0 nitrogen and oxygen atoms in total. The van der Waals surface area contributed by atoms with Gasteiger partial charge in [0.25, 0.3) is 0 Å². The van der Waals surface area contributed by atoms with E-state index in [0.717, 1.165) is 0 Å². The van der Waals surface area contributed by atoms with Crippen molar-refractivity contribution in [3.63, 3.8) is 0 Å². The van der Waals surface area contributed by atoms with Crippen molar-refractivity contribution in [1.82, 2.24) is 0 Å². The van der Waals surface area contributed by atoms with E-state index in [2.05, 4.69) is 50.2 Å². The standard InChI is InChI=1S/C14H16I/c1-3-10-15-14-11(2)8-9-12-6-4-5-7-13(12)14/h4-9H,3,10H2,1-2H3/q-1. The van der Waals surface area contributed by atoms with Crippen LogP contribution in [0.1, 0.15) is 18.9 Å². The molecule has 0 N–H and O–H groups in total. The number of halogens is 1. The molecule has 0 atom stereocenters. The van der Waals surface area contributed by atoms with Crippen LogP contribution in [0.15, 0.2) is 36.4 Å². The van der Waals surface area contributed by atoms with E-state index in [4.69, 9.17) is 0 Å². The Balaban J connectivity index is 2.53. The van der Waals surface area contributed by atoms with E-state index in [1.807, 2.05) is 0 Å². The third-order valence-corrected chi connectivity index (χ3v) is 6.29. The minimum absolute atomic E-state index is 0.203. The topological polar surface area (TPSA) is 0 Å². The second-order valence-corrected chi connectivity index (χ2v) is 6.66. The van der Waals surface area contributed by atoms with Crippen molar-refractivity contribution in [2.75, 3.05) is 4.43 Å². The first kappa shape index (κ1) is 10.9. The van der Waals surface area contributed by atoms with E-state index in [-0.39, 0.29) is 21.2 Å². The predicted molar refractivity (Wildman–Crippen MR) is 62.5 cm³/mol. The third kappa shape index (κ3) is 2.33. The van der Waals surface area contributed by atoms with Gasteiger partial charge in [0.05, 0.1) is 0 Å². The zero-order valence-corrected chi connectivity index (χ0v) is 11.4. The van der Waals surface area contributed by atoms with Gasteiger partial charge in [-0.2, -0.15) is 0 Å². The molecule has 2 aromatic carbocycles. The summed E-state index contributed by atoms with van der Waals surface area (Å²) in [6, 6.07) is 13.3. The number of benzene rings is 2. The molecule has 0 amide bonds. The molecule has 0 aliphatic carbocycles. The van der Waals surface area contributed by atoms with Crippen LogP contribution in [0.4, 0.5) is 0 Å². The fraction of sp³-hybridized carbons (Fsp3) is 0.286. The van der Waals surface area contributed by atoms with Gasteiger partial charge in [-0.3, -0.25) is 0 Å². The average molecular weight is 311 g/mol. The molecule has 0 saturated heterocycles. The van der Waals surface area contributed by atoms with Crippen LogP contribution in [-0.4, -0.2) is 4.43 Å². The SMILES string of the molecule is CCC[I-]c1c(C)ccc2ccccc12. The van der Waals surface area contributed by atoms with Gasteiger partial charge in [-0.1, -0.05) is 0 Å². The number of rotatable bonds is 3. The van der Waals surface area contributed by atoms with Gasteiger partial charge in [-0.15, -0.1) is 0 Å². The van der Waals surface area contributed by atoms with E-state index < -0.39 is 0 Å². The Morgan fingerprint density at radius 3 is 2.67 bits per heavy atom. The summed E-state index contributed by atoms with van der Waals surface area (Å²) in [7, 11) is 0. The van der Waals surface area contributed by atoms with Gasteiger partial charge in [0.1, 0.15) is 0 Å². The fourth-order valence-corrected chi connectivity index (χ4v) is 4.47. The van der Waals surface area contributed by atoms with E-state index >= 15 is 0 Å². The van der Waals surface area contributed by atoms with Gasteiger partial charge >= 0.3 is 102 Å². The number of hydrogen-bond donors (Lipinski definition) is 0. The third-order valence-electron chi connectivity index (χ3n) is 2.47. The summed E-state index contributed by atoms with van der Waals surface area (Å²) in [5.74, 6) is 0. The van der Waals surface area contributed by atoms with Gasteiger partial charge in [0, 0.05) is 0 Å². The van der Waals surface area contributed by atoms with Crippen LogP contribution in [-0.2, 0) is 0 Å². The summed E-state index contributed by atoms with van der Waals surface area (Å²) < 4.78 is 3.04. The van der Waals surface area contributed by atoms with Crippen LogP contribution in [0.5, 0.6) is 0 Å². The monoisotopic (exact) mass is 311 g/mol. The average Bonchev–Trinajstić information content (AvgIpc) is 2.28. The Morgan fingerprint density at radius 1 is 1.07 bits per heavy atom. The maximum absolute atomic E-state index is 2.28. The molecule has 0 aliphatic rings. The van der Waals surface area contributed by atoms with Crippen LogP contribution >= 0.6 is 0 Å². The van der Waals surface area contributed by atoms with Crippen molar-refractivity contribution in [1.29, 1.82) is 0 Å². The predicted octanol–water partition coefficient (Wildman–Crippen LogP) is 0.817. The number of alkyl halides is 1. The molecule has 0 bridgehead atoms. The molecule has 0 heterocycles. The Hall–Kier alpha value is -0.570. The van der Waals surface area contributed by atoms with E-state index in [1.165, 1.54) is 27.2 Å². The zero-order valence-electron chi connectivity index (χ0n) is 9.26. The molecular weight excluding hydrogens is 295 g/mol. The molecular formula is C14H16I-. The summed E-state index contributed by atoms with van der Waals surface area (Å²) >= 11 is 0.203. The molecule has 0 unspecified atom stereocenters. The molecule has 15 heavy (non-hydrogen) atoms. The van der Waals surface area contributed by atoms with Crippen LogP contribution in [0.3, 0.4) is 0 Å². The van der Waals surface area contributed by atoms with Crippen molar-refractivity contribution in [2.45, 2.75) is 20.3 Å². The van der Waals surface area contributed by atoms with Gasteiger partial charge in [-0.05, 0) is 0 Å². The van der Waals surface area contributed by atoms with Crippen molar-refractivity contribution in [2.24, 2.45) is 0 Å². The first-order chi connectivity index (χ1) is 7.33. The molecule has 0 saturated carbocycles. The van der Waals surface area contributed by atoms with E-state index in [9.17, 15) is 0 Å². The number of hydrogen-bond acceptors (Lipinski definition) is 0. The summed E-state index contributed by atoms with van der Waals surface area (Å²) in [4.78, 5) is 0. The summed E-state index contributed by atoms with van der Waals surface area (Å²) in [6.07, 6.45) is 1.32. The van der Waals surface area contributed by atoms with E-state index in [0.29, 0.717) is 0 Å². The minimum atomic E-state index is 0.203. The number of aryl methyl sites for hydroxylation is 1. The van der Waals surface area contributed by atoms with Gasteiger partial charge in [0.2, 0.25) is 0 Å². The molecule has 0 aromatic heterocycles. The summed E-state index contributed by atoms with van der Waals surface area (Å²) in [6.45, 7) is 4.53. The molecule has 2 rings (SSSR count). The maximum atomic E-state index is 2.28. The van der Waals surface area contributed by atoms with Gasteiger partial charge in [0.15, 0.2) is 0 Å². The zero-order chi connectivity index (χ0) is 10.7. The Bertz CT molecular complexity index is 460. The Morgan fingerprint density at radius 2 is 1.87 bits per heavy atom.